The second kappa shape index (κ2) is 11.8. The molecule has 0 atom stereocenters. The van der Waals surface area contributed by atoms with Crippen LogP contribution in [-0.2, 0) is 0 Å². The van der Waals surface area contributed by atoms with E-state index in [9.17, 15) is 0 Å². The van der Waals surface area contributed by atoms with Gasteiger partial charge in [0.05, 0.1) is 0 Å². The molecular weight excluding hydrogens is 641 g/mol. The van der Waals surface area contributed by atoms with Crippen LogP contribution in [0.5, 0.6) is 0 Å². The minimum atomic E-state index is 0.906. The summed E-state index contributed by atoms with van der Waals surface area (Å²) in [6, 6.07) is 70.4. The largest absolute Gasteiger partial charge is 0.456 e. The SMILES string of the molecule is c1ccc(-c2cccc(-c3ccccc3)c2-c2c3ccccc3c(-c3cc4oc5ccc6ccccc6c5c4c4ccccc34)c3ccccc23)cc1. The molecule has 0 amide bonds. The van der Waals surface area contributed by atoms with Crippen LogP contribution in [0.25, 0.3) is 110 Å². The van der Waals surface area contributed by atoms with Gasteiger partial charge in [0.25, 0.3) is 0 Å². The van der Waals surface area contributed by atoms with Gasteiger partial charge in [-0.15, -0.1) is 0 Å². The number of benzene rings is 10. The Morgan fingerprint density at radius 1 is 0.264 bits per heavy atom. The van der Waals surface area contributed by atoms with Crippen molar-refractivity contribution in [3.05, 3.63) is 194 Å². The van der Waals surface area contributed by atoms with Crippen LogP contribution in [0, 0.1) is 0 Å². The maximum atomic E-state index is 6.78. The Bertz CT molecular complexity index is 3090. The molecule has 11 rings (SSSR count). The number of furan rings is 1. The summed E-state index contributed by atoms with van der Waals surface area (Å²) in [4.78, 5) is 0. The molecule has 1 nitrogen and oxygen atoms in total. The minimum absolute atomic E-state index is 0.906. The van der Waals surface area contributed by atoms with Crippen molar-refractivity contribution in [2.45, 2.75) is 0 Å². The van der Waals surface area contributed by atoms with Gasteiger partial charge in [-0.3, -0.25) is 0 Å². The van der Waals surface area contributed by atoms with Gasteiger partial charge in [0.2, 0.25) is 0 Å². The van der Waals surface area contributed by atoms with Crippen LogP contribution in [0.2, 0.25) is 0 Å². The summed E-state index contributed by atoms with van der Waals surface area (Å²) in [5.74, 6) is 0. The molecule has 0 N–H and O–H groups in total. The quantitative estimate of drug-likeness (QED) is 0.170. The molecule has 0 aliphatic carbocycles. The molecule has 53 heavy (non-hydrogen) atoms. The fourth-order valence-corrected chi connectivity index (χ4v) is 8.83. The second-order valence-electron chi connectivity index (χ2n) is 13.9. The molecule has 1 aromatic heterocycles. The third kappa shape index (κ3) is 4.51. The Morgan fingerprint density at radius 3 is 1.34 bits per heavy atom. The van der Waals surface area contributed by atoms with Crippen molar-refractivity contribution in [3.8, 4) is 44.5 Å². The lowest BCUT2D eigenvalue weighted by atomic mass is 9.80. The van der Waals surface area contributed by atoms with Crippen molar-refractivity contribution in [2.75, 3.05) is 0 Å². The van der Waals surface area contributed by atoms with Crippen LogP contribution in [0.4, 0.5) is 0 Å². The fourth-order valence-electron chi connectivity index (χ4n) is 8.83. The van der Waals surface area contributed by atoms with Crippen LogP contribution >= 0.6 is 0 Å². The zero-order valence-electron chi connectivity index (χ0n) is 28.9. The van der Waals surface area contributed by atoms with E-state index in [2.05, 4.69) is 194 Å². The smallest absolute Gasteiger partial charge is 0.136 e. The van der Waals surface area contributed by atoms with Crippen molar-refractivity contribution >= 4 is 65.0 Å². The molecule has 0 unspecified atom stereocenters. The predicted molar refractivity (Wildman–Crippen MR) is 225 cm³/mol. The Hall–Kier alpha value is -6.96. The van der Waals surface area contributed by atoms with Crippen molar-refractivity contribution in [1.82, 2.24) is 0 Å². The number of hydrogen-bond acceptors (Lipinski definition) is 1. The summed E-state index contributed by atoms with van der Waals surface area (Å²) < 4.78 is 6.78. The first-order valence-electron chi connectivity index (χ1n) is 18.3. The summed E-state index contributed by atoms with van der Waals surface area (Å²) in [5.41, 5.74) is 11.6. The monoisotopic (exact) mass is 672 g/mol. The maximum absolute atomic E-state index is 6.78. The molecule has 10 aromatic carbocycles. The van der Waals surface area contributed by atoms with Crippen LogP contribution < -0.4 is 0 Å². The highest BCUT2D eigenvalue weighted by atomic mass is 16.3. The van der Waals surface area contributed by atoms with E-state index in [1.54, 1.807) is 0 Å². The molecule has 1 heterocycles. The average molecular weight is 673 g/mol. The Labute approximate surface area is 307 Å². The minimum Gasteiger partial charge on any atom is -0.456 e. The van der Waals surface area contributed by atoms with Gasteiger partial charge in [0.1, 0.15) is 11.2 Å². The normalized spacial score (nSPS) is 11.8. The Kier molecular flexibility index (Phi) is 6.62. The van der Waals surface area contributed by atoms with E-state index in [4.69, 9.17) is 4.42 Å². The summed E-state index contributed by atoms with van der Waals surface area (Å²) in [6.07, 6.45) is 0. The number of rotatable bonds is 4. The lowest BCUT2D eigenvalue weighted by Gasteiger charge is -2.23. The maximum Gasteiger partial charge on any atom is 0.136 e. The van der Waals surface area contributed by atoms with E-state index in [0.717, 1.165) is 11.2 Å². The van der Waals surface area contributed by atoms with Gasteiger partial charge >= 0.3 is 0 Å². The zero-order chi connectivity index (χ0) is 34.9. The first-order chi connectivity index (χ1) is 26.3. The van der Waals surface area contributed by atoms with Crippen molar-refractivity contribution < 1.29 is 4.42 Å². The van der Waals surface area contributed by atoms with Gasteiger partial charge in [0.15, 0.2) is 0 Å². The first kappa shape index (κ1) is 29.7. The highest BCUT2D eigenvalue weighted by Crippen LogP contribution is 2.51. The lowest BCUT2D eigenvalue weighted by molar-refractivity contribution is 0.669. The van der Waals surface area contributed by atoms with E-state index >= 15 is 0 Å². The van der Waals surface area contributed by atoms with E-state index in [1.165, 1.54) is 98.4 Å². The average Bonchev–Trinajstić information content (AvgIpc) is 3.62. The Balaban J connectivity index is 1.30. The zero-order valence-corrected chi connectivity index (χ0v) is 28.9. The van der Waals surface area contributed by atoms with Crippen LogP contribution in [0.3, 0.4) is 0 Å². The van der Waals surface area contributed by atoms with Gasteiger partial charge in [-0.05, 0) is 99.7 Å². The summed E-state index contributed by atoms with van der Waals surface area (Å²) in [6.45, 7) is 0. The lowest BCUT2D eigenvalue weighted by Crippen LogP contribution is -1.95. The van der Waals surface area contributed by atoms with Gasteiger partial charge in [-0.25, -0.2) is 0 Å². The topological polar surface area (TPSA) is 13.1 Å². The van der Waals surface area contributed by atoms with Gasteiger partial charge in [0, 0.05) is 10.8 Å². The molecule has 0 fully saturated rings. The Morgan fingerprint density at radius 2 is 0.736 bits per heavy atom. The second-order valence-corrected chi connectivity index (χ2v) is 13.9. The molecule has 246 valence electrons. The van der Waals surface area contributed by atoms with Gasteiger partial charge in [-0.2, -0.15) is 0 Å². The predicted octanol–water partition coefficient (Wildman–Crippen LogP) is 14.9. The fraction of sp³-hybridized carbons (Fsp3) is 0. The molecule has 0 aliphatic heterocycles. The third-order valence-corrected chi connectivity index (χ3v) is 11.1. The number of fused-ring (bicyclic) bond motifs is 9. The molecule has 0 spiro atoms. The van der Waals surface area contributed by atoms with E-state index in [1.807, 2.05) is 0 Å². The molecule has 0 saturated heterocycles. The van der Waals surface area contributed by atoms with E-state index in [-0.39, 0.29) is 0 Å². The molecule has 11 aromatic rings. The number of hydrogen-bond donors (Lipinski definition) is 0. The van der Waals surface area contributed by atoms with Gasteiger partial charge in [-0.1, -0.05) is 182 Å². The van der Waals surface area contributed by atoms with Crippen LogP contribution in [0.1, 0.15) is 0 Å². The molecule has 0 radical (unpaired) electrons. The summed E-state index contributed by atoms with van der Waals surface area (Å²) in [7, 11) is 0. The van der Waals surface area contributed by atoms with Crippen molar-refractivity contribution in [2.24, 2.45) is 0 Å². The van der Waals surface area contributed by atoms with Gasteiger partial charge < -0.3 is 4.42 Å². The molecule has 0 aliphatic rings. The first-order valence-corrected chi connectivity index (χ1v) is 18.3. The molecular formula is C52H32O. The standard InChI is InChI=1S/C52H32O/c1-3-16-33(17-4-1)36-28-15-29-37(34-18-5-2-6-19-34)49(36)50-43-26-13-11-24-41(43)48(42-25-12-14-27-44(42)50)45-32-47-52(40-23-10-9-22-39(40)45)51-38-21-8-7-20-35(38)30-31-46(51)53-47/h1-32H. The van der Waals surface area contributed by atoms with Crippen LogP contribution in [0.15, 0.2) is 199 Å². The van der Waals surface area contributed by atoms with Crippen molar-refractivity contribution in [3.63, 3.8) is 0 Å². The highest BCUT2D eigenvalue weighted by molar-refractivity contribution is 6.31. The van der Waals surface area contributed by atoms with E-state index in [0.29, 0.717) is 0 Å². The molecule has 0 saturated carbocycles. The summed E-state index contributed by atoms with van der Waals surface area (Å²) >= 11 is 0. The highest BCUT2D eigenvalue weighted by Gasteiger charge is 2.24. The van der Waals surface area contributed by atoms with E-state index < -0.39 is 0 Å². The van der Waals surface area contributed by atoms with Crippen molar-refractivity contribution in [1.29, 1.82) is 0 Å². The van der Waals surface area contributed by atoms with Crippen LogP contribution in [-0.4, -0.2) is 0 Å². The molecule has 1 heteroatoms. The molecule has 0 bridgehead atoms. The summed E-state index contributed by atoms with van der Waals surface area (Å²) in [5, 5.41) is 12.1. The third-order valence-electron chi connectivity index (χ3n) is 11.1.